The van der Waals surface area contributed by atoms with Crippen LogP contribution in [0, 0.1) is 11.8 Å². The first-order valence-electron chi connectivity index (χ1n) is 4.83. The van der Waals surface area contributed by atoms with Crippen LogP contribution in [0.4, 0.5) is 0 Å². The Kier molecular flexibility index (Phi) is 48.6. The fourth-order valence-electron chi connectivity index (χ4n) is 0.577. The molecule has 15 heavy (non-hydrogen) atoms. The minimum Gasteiger partial charge on any atom is -1.00 e. The molecular weight excluding hydrogens is 414 g/mol. The molecule has 0 fully saturated rings. The standard InChI is InChI=1S/2C5H12N.2ClH.Pt/c2*1-5(2)3-4-6;;;/h2*5-6H,3-4H2,1-2H3;2*1H;/q2*-1;;;+4/p-2. The average Bonchev–Trinajstić information content (AvgIpc) is 1.87. The summed E-state index contributed by atoms with van der Waals surface area (Å²) in [5.41, 5.74) is 13.5. The fraction of sp³-hybridized carbons (Fsp3) is 1.00. The molecule has 0 unspecified atom stereocenters. The van der Waals surface area contributed by atoms with E-state index in [0.717, 1.165) is 12.8 Å². The molecule has 0 bridgehead atoms. The van der Waals surface area contributed by atoms with Crippen LogP contribution in [0.2, 0.25) is 0 Å². The van der Waals surface area contributed by atoms with Crippen LogP contribution in [0.15, 0.2) is 0 Å². The van der Waals surface area contributed by atoms with E-state index in [2.05, 4.69) is 27.7 Å². The molecule has 2 N–H and O–H groups in total. The summed E-state index contributed by atoms with van der Waals surface area (Å²) >= 11 is 0. The third kappa shape index (κ3) is 51.1. The molecule has 0 aliphatic carbocycles. The van der Waals surface area contributed by atoms with E-state index >= 15 is 0 Å². The van der Waals surface area contributed by atoms with Gasteiger partial charge in [-0.25, -0.2) is 0 Å². The number of hydrogen-bond acceptors (Lipinski definition) is 0. The van der Waals surface area contributed by atoms with Crippen molar-refractivity contribution < 1.29 is 45.9 Å². The molecule has 0 heterocycles. The van der Waals surface area contributed by atoms with Gasteiger partial charge in [-0.15, -0.1) is 0 Å². The zero-order valence-corrected chi connectivity index (χ0v) is 13.8. The van der Waals surface area contributed by atoms with Crippen molar-refractivity contribution >= 4 is 0 Å². The topological polar surface area (TPSA) is 47.6 Å². The van der Waals surface area contributed by atoms with E-state index in [4.69, 9.17) is 11.5 Å². The van der Waals surface area contributed by atoms with Crippen LogP contribution in [-0.2, 0) is 21.1 Å². The summed E-state index contributed by atoms with van der Waals surface area (Å²) in [7, 11) is 0. The summed E-state index contributed by atoms with van der Waals surface area (Å²) in [6.07, 6.45) is 2.08. The molecule has 0 atom stereocenters. The van der Waals surface area contributed by atoms with E-state index in [1.54, 1.807) is 0 Å². The maximum absolute atomic E-state index is 6.73. The molecule has 0 amide bonds. The Hall–Kier alpha value is 1.19. The molecule has 0 aromatic heterocycles. The summed E-state index contributed by atoms with van der Waals surface area (Å²) < 4.78 is 0. The van der Waals surface area contributed by atoms with E-state index in [-0.39, 0.29) is 45.9 Å². The van der Waals surface area contributed by atoms with Gasteiger partial charge in [0.1, 0.15) is 0 Å². The van der Waals surface area contributed by atoms with Crippen LogP contribution in [0.3, 0.4) is 0 Å². The van der Waals surface area contributed by atoms with Crippen molar-refractivity contribution in [2.24, 2.45) is 11.8 Å². The fourth-order valence-corrected chi connectivity index (χ4v) is 0.577. The summed E-state index contributed by atoms with van der Waals surface area (Å²) in [5.74, 6) is 1.42. The number of nitrogens with one attached hydrogen (secondary N) is 2. The van der Waals surface area contributed by atoms with Crippen LogP contribution >= 0.6 is 0 Å². The van der Waals surface area contributed by atoms with Gasteiger partial charge in [0.2, 0.25) is 0 Å². The quantitative estimate of drug-likeness (QED) is 0.497. The minimum absolute atomic E-state index is 0. The Morgan fingerprint density at radius 1 is 0.733 bits per heavy atom. The van der Waals surface area contributed by atoms with Gasteiger partial charge >= 0.3 is 21.1 Å². The Balaban J connectivity index is -0.0000000370. The molecule has 0 saturated heterocycles. The minimum atomic E-state index is 0. The van der Waals surface area contributed by atoms with Crippen molar-refractivity contribution in [2.75, 3.05) is 13.1 Å². The second-order valence-electron chi connectivity index (χ2n) is 3.87. The van der Waals surface area contributed by atoms with Gasteiger partial charge in [-0.05, 0) is 11.8 Å². The molecule has 0 spiro atoms. The zero-order valence-electron chi connectivity index (χ0n) is 10.1. The van der Waals surface area contributed by atoms with Crippen molar-refractivity contribution in [3.63, 3.8) is 0 Å². The van der Waals surface area contributed by atoms with Crippen molar-refractivity contribution in [3.05, 3.63) is 11.5 Å². The molecule has 0 aliphatic rings. The van der Waals surface area contributed by atoms with Gasteiger partial charge in [-0.1, -0.05) is 40.5 Å². The van der Waals surface area contributed by atoms with Crippen LogP contribution < -0.4 is 24.8 Å². The molecule has 0 aliphatic heterocycles. The zero-order chi connectivity index (χ0) is 9.98. The summed E-state index contributed by atoms with van der Waals surface area (Å²) in [6, 6.07) is 0. The van der Waals surface area contributed by atoms with Crippen molar-refractivity contribution in [1.29, 1.82) is 0 Å². The van der Waals surface area contributed by atoms with E-state index < -0.39 is 0 Å². The van der Waals surface area contributed by atoms with E-state index in [1.807, 2.05) is 0 Å². The molecule has 5 heteroatoms. The van der Waals surface area contributed by atoms with Crippen LogP contribution in [0.5, 0.6) is 0 Å². The second kappa shape index (κ2) is 24.4. The Morgan fingerprint density at radius 3 is 0.933 bits per heavy atom. The third-order valence-corrected chi connectivity index (χ3v) is 1.44. The van der Waals surface area contributed by atoms with Crippen molar-refractivity contribution in [2.45, 2.75) is 40.5 Å². The number of rotatable bonds is 4. The maximum atomic E-state index is 6.73. The Bertz CT molecular complexity index is 73.8. The Labute approximate surface area is 122 Å². The van der Waals surface area contributed by atoms with Crippen LogP contribution in [-0.4, -0.2) is 13.1 Å². The van der Waals surface area contributed by atoms with E-state index in [1.165, 1.54) is 0 Å². The monoisotopic (exact) mass is 437 g/mol. The van der Waals surface area contributed by atoms with Gasteiger partial charge in [-0.3, -0.25) is 0 Å². The number of halogens is 2. The predicted octanol–water partition coefficient (Wildman–Crippen LogP) is -1.83. The third-order valence-electron chi connectivity index (χ3n) is 1.44. The molecule has 0 aromatic rings. The van der Waals surface area contributed by atoms with Gasteiger partial charge in [-0.2, -0.15) is 13.1 Å². The Morgan fingerprint density at radius 2 is 0.933 bits per heavy atom. The van der Waals surface area contributed by atoms with Crippen LogP contribution in [0.1, 0.15) is 40.5 Å². The maximum Gasteiger partial charge on any atom is 4.00 e. The smallest absolute Gasteiger partial charge is 1.00 e. The first-order valence-corrected chi connectivity index (χ1v) is 4.83. The van der Waals surface area contributed by atoms with Crippen molar-refractivity contribution in [3.8, 4) is 0 Å². The van der Waals surface area contributed by atoms with E-state index in [0.29, 0.717) is 24.9 Å². The summed E-state index contributed by atoms with van der Waals surface area (Å²) in [4.78, 5) is 0. The van der Waals surface area contributed by atoms with Gasteiger partial charge in [0, 0.05) is 0 Å². The molecule has 0 rings (SSSR count). The number of hydrogen-bond donors (Lipinski definition) is 0. The van der Waals surface area contributed by atoms with Gasteiger partial charge in [0.15, 0.2) is 0 Å². The summed E-state index contributed by atoms with van der Waals surface area (Å²) in [6.45, 7) is 9.70. The molecule has 0 aromatic carbocycles. The SMILES string of the molecule is CC(C)CC[NH-].CC(C)CC[NH-].[Cl-].[Cl-].[Pt+4]. The molecular formula is C10H24Cl2N2Pt. The van der Waals surface area contributed by atoms with Crippen LogP contribution in [0.25, 0.3) is 11.5 Å². The van der Waals surface area contributed by atoms with Gasteiger partial charge < -0.3 is 36.3 Å². The predicted molar refractivity (Wildman–Crippen MR) is 57.3 cm³/mol. The van der Waals surface area contributed by atoms with Gasteiger partial charge in [0.05, 0.1) is 0 Å². The molecule has 0 radical (unpaired) electrons. The average molecular weight is 438 g/mol. The normalized spacial score (nSPS) is 8.00. The molecule has 98 valence electrons. The summed E-state index contributed by atoms with van der Waals surface area (Å²) in [5, 5.41) is 0. The van der Waals surface area contributed by atoms with Gasteiger partial charge in [0.25, 0.3) is 0 Å². The first kappa shape index (κ1) is 29.8. The first-order chi connectivity index (χ1) is 5.54. The second-order valence-corrected chi connectivity index (χ2v) is 3.87. The largest absolute Gasteiger partial charge is 4.00 e. The van der Waals surface area contributed by atoms with Crippen molar-refractivity contribution in [1.82, 2.24) is 0 Å². The molecule has 2 nitrogen and oxygen atoms in total. The van der Waals surface area contributed by atoms with E-state index in [9.17, 15) is 0 Å². The molecule has 0 saturated carbocycles.